The molecule has 2 nitrogen and oxygen atoms in total. The minimum Gasteiger partial charge on any atom is -0.300 e. The van der Waals surface area contributed by atoms with E-state index >= 15 is 0 Å². The van der Waals surface area contributed by atoms with Gasteiger partial charge in [0.2, 0.25) is 0 Å². The summed E-state index contributed by atoms with van der Waals surface area (Å²) in [6, 6.07) is 6.89. The monoisotopic (exact) mass is 431 g/mol. The molecule has 0 aromatic heterocycles. The van der Waals surface area contributed by atoms with Crippen molar-refractivity contribution in [3.8, 4) is 0 Å². The molecule has 0 saturated heterocycles. The van der Waals surface area contributed by atoms with Gasteiger partial charge in [0, 0.05) is 4.47 Å². The van der Waals surface area contributed by atoms with E-state index < -0.39 is 40.2 Å². The van der Waals surface area contributed by atoms with Gasteiger partial charge >= 0.3 is 12.4 Å². The minimum atomic E-state index is -4.90. The molecule has 0 radical (unpaired) electrons. The number of alkyl halides is 6. The first kappa shape index (κ1) is 18.8. The average molecular weight is 432 g/mol. The fraction of sp³-hybridized carbons (Fsp3) is 0.143. The van der Waals surface area contributed by atoms with Crippen molar-refractivity contribution in [3.05, 3.63) is 58.1 Å². The number of nitrogens with one attached hydrogen (secondary N) is 1. The van der Waals surface area contributed by atoms with Crippen LogP contribution in [0.1, 0.15) is 11.1 Å². The molecule has 1 atom stereocenters. The van der Waals surface area contributed by atoms with Crippen LogP contribution in [0.4, 0.5) is 32.0 Å². The highest BCUT2D eigenvalue weighted by Crippen LogP contribution is 2.39. The highest BCUT2D eigenvalue weighted by molar-refractivity contribution is 9.10. The van der Waals surface area contributed by atoms with E-state index in [1.54, 1.807) is 6.07 Å². The first-order chi connectivity index (χ1) is 11.0. The van der Waals surface area contributed by atoms with Gasteiger partial charge in [-0.2, -0.15) is 26.3 Å². The van der Waals surface area contributed by atoms with Crippen molar-refractivity contribution in [1.29, 1.82) is 0 Å². The third kappa shape index (κ3) is 4.29. The van der Waals surface area contributed by atoms with Crippen LogP contribution in [0, 0.1) is 0 Å². The van der Waals surface area contributed by atoms with Crippen LogP contribution in [-0.4, -0.2) is 4.21 Å². The number of halogens is 7. The van der Waals surface area contributed by atoms with Crippen molar-refractivity contribution in [1.82, 2.24) is 0 Å². The maximum Gasteiger partial charge on any atom is 0.418 e. The Hall–Kier alpha value is -1.55. The van der Waals surface area contributed by atoms with Crippen LogP contribution in [0.25, 0.3) is 0 Å². The van der Waals surface area contributed by atoms with E-state index in [0.717, 1.165) is 0 Å². The van der Waals surface area contributed by atoms with Crippen molar-refractivity contribution in [2.75, 3.05) is 4.72 Å². The zero-order valence-electron chi connectivity index (χ0n) is 11.5. The third-order valence-corrected chi connectivity index (χ3v) is 5.01. The molecule has 0 aliphatic carbocycles. The molecule has 2 aromatic rings. The molecule has 1 N–H and O–H groups in total. The Labute approximate surface area is 143 Å². The second-order valence-electron chi connectivity index (χ2n) is 4.56. The number of benzene rings is 2. The third-order valence-electron chi connectivity index (χ3n) is 2.89. The van der Waals surface area contributed by atoms with E-state index in [2.05, 4.69) is 15.9 Å². The predicted octanol–water partition coefficient (Wildman–Crippen LogP) is 5.62. The molecule has 0 aliphatic heterocycles. The lowest BCUT2D eigenvalue weighted by Gasteiger charge is -2.17. The summed E-state index contributed by atoms with van der Waals surface area (Å²) in [5, 5.41) is 0. The molecule has 2 aromatic carbocycles. The first-order valence-electron chi connectivity index (χ1n) is 6.21. The molecule has 0 spiro atoms. The molecule has 0 aliphatic rings. The smallest absolute Gasteiger partial charge is 0.300 e. The summed E-state index contributed by atoms with van der Waals surface area (Å²) >= 11 is 3.08. The van der Waals surface area contributed by atoms with Crippen LogP contribution in [0.5, 0.6) is 0 Å². The maximum atomic E-state index is 13.0. The molecular weight excluding hydrogens is 424 g/mol. The van der Waals surface area contributed by atoms with Crippen LogP contribution in [0.15, 0.2) is 51.8 Å². The summed E-state index contributed by atoms with van der Waals surface area (Å²) in [6.45, 7) is 0. The Kier molecular flexibility index (Phi) is 5.28. The number of anilines is 1. The van der Waals surface area contributed by atoms with Crippen LogP contribution in [-0.2, 0) is 23.3 Å². The number of hydrogen-bond acceptors (Lipinski definition) is 1. The SMILES string of the molecule is O=S(Nc1cc(C(F)(F)F)ccc1C(F)(F)F)c1ccccc1Br. The molecule has 10 heteroatoms. The van der Waals surface area contributed by atoms with E-state index in [9.17, 15) is 30.6 Å². The second-order valence-corrected chi connectivity index (χ2v) is 6.59. The fourth-order valence-corrected chi connectivity index (χ4v) is 3.45. The van der Waals surface area contributed by atoms with Gasteiger partial charge < -0.3 is 4.72 Å². The Morgan fingerprint density at radius 2 is 1.54 bits per heavy atom. The predicted molar refractivity (Wildman–Crippen MR) is 80.6 cm³/mol. The van der Waals surface area contributed by atoms with Crippen LogP contribution >= 0.6 is 15.9 Å². The van der Waals surface area contributed by atoms with Crippen molar-refractivity contribution in [2.45, 2.75) is 17.2 Å². The summed E-state index contributed by atoms with van der Waals surface area (Å²) in [5.41, 5.74) is -3.52. The van der Waals surface area contributed by atoms with Crippen molar-refractivity contribution in [3.63, 3.8) is 0 Å². The van der Waals surface area contributed by atoms with E-state index in [4.69, 9.17) is 0 Å². The van der Waals surface area contributed by atoms with Crippen molar-refractivity contribution in [2.24, 2.45) is 0 Å². The van der Waals surface area contributed by atoms with Crippen molar-refractivity contribution >= 4 is 32.6 Å². The zero-order valence-corrected chi connectivity index (χ0v) is 13.9. The van der Waals surface area contributed by atoms with Gasteiger partial charge in [-0.15, -0.1) is 0 Å². The summed E-state index contributed by atoms with van der Waals surface area (Å²) in [4.78, 5) is 0.100. The largest absolute Gasteiger partial charge is 0.418 e. The minimum absolute atomic E-state index is 0.100. The standard InChI is InChI=1S/C14H8BrF6NOS/c15-10-3-1-2-4-12(10)24(23)22-11-7-8(13(16,17)18)5-6-9(11)14(19,20)21/h1-7,22H. The van der Waals surface area contributed by atoms with Gasteiger partial charge in [-0.1, -0.05) is 12.1 Å². The van der Waals surface area contributed by atoms with E-state index in [1.807, 2.05) is 4.72 Å². The Morgan fingerprint density at radius 1 is 0.917 bits per heavy atom. The molecule has 2 rings (SSSR count). The number of rotatable bonds is 3. The zero-order chi connectivity index (χ0) is 18.1. The lowest BCUT2D eigenvalue weighted by Crippen LogP contribution is -2.15. The Balaban J connectivity index is 2.47. The van der Waals surface area contributed by atoms with Crippen LogP contribution < -0.4 is 4.72 Å². The molecule has 0 fully saturated rings. The quantitative estimate of drug-likeness (QED) is 0.627. The van der Waals surface area contributed by atoms with Gasteiger partial charge in [0.1, 0.15) is 0 Å². The Morgan fingerprint density at radius 3 is 2.08 bits per heavy atom. The molecule has 130 valence electrons. The molecule has 0 saturated carbocycles. The highest BCUT2D eigenvalue weighted by Gasteiger charge is 2.37. The van der Waals surface area contributed by atoms with Gasteiger partial charge in [0.25, 0.3) is 0 Å². The van der Waals surface area contributed by atoms with Gasteiger partial charge in [-0.3, -0.25) is 0 Å². The van der Waals surface area contributed by atoms with Crippen molar-refractivity contribution < 1.29 is 30.6 Å². The van der Waals surface area contributed by atoms with Gasteiger partial charge in [0.05, 0.1) is 21.7 Å². The summed E-state index contributed by atoms with van der Waals surface area (Å²) in [6.07, 6.45) is -9.72. The molecule has 24 heavy (non-hydrogen) atoms. The highest BCUT2D eigenvalue weighted by atomic mass is 79.9. The topological polar surface area (TPSA) is 29.1 Å². The normalized spacial score (nSPS) is 13.6. The van der Waals surface area contributed by atoms with Crippen LogP contribution in [0.2, 0.25) is 0 Å². The lowest BCUT2D eigenvalue weighted by molar-refractivity contribution is -0.140. The second kappa shape index (κ2) is 6.75. The van der Waals surface area contributed by atoms with E-state index in [1.165, 1.54) is 18.2 Å². The summed E-state index contributed by atoms with van der Waals surface area (Å²) in [7, 11) is -2.19. The molecule has 0 heterocycles. The lowest BCUT2D eigenvalue weighted by atomic mass is 10.1. The van der Waals surface area contributed by atoms with E-state index in [0.29, 0.717) is 16.6 Å². The summed E-state index contributed by atoms with van der Waals surface area (Å²) in [5.74, 6) is 0. The van der Waals surface area contributed by atoms with Crippen LogP contribution in [0.3, 0.4) is 0 Å². The fourth-order valence-electron chi connectivity index (χ4n) is 1.80. The number of hydrogen-bond donors (Lipinski definition) is 1. The van der Waals surface area contributed by atoms with Gasteiger partial charge in [-0.05, 0) is 46.3 Å². The Bertz CT molecular complexity index is 775. The molecule has 0 amide bonds. The van der Waals surface area contributed by atoms with Gasteiger partial charge in [0.15, 0.2) is 11.0 Å². The molecule has 1 unspecified atom stereocenters. The maximum absolute atomic E-state index is 13.0. The molecule has 0 bridgehead atoms. The van der Waals surface area contributed by atoms with E-state index in [-0.39, 0.29) is 11.0 Å². The van der Waals surface area contributed by atoms with Gasteiger partial charge in [-0.25, -0.2) is 4.21 Å². The first-order valence-corrected chi connectivity index (χ1v) is 8.16. The average Bonchev–Trinajstić information content (AvgIpc) is 2.45. The molecular formula is C14H8BrF6NOS. The summed E-state index contributed by atoms with van der Waals surface area (Å²) < 4.78 is 91.7.